The van der Waals surface area contributed by atoms with Crippen LogP contribution in [0.3, 0.4) is 0 Å². The Morgan fingerprint density at radius 1 is 1.07 bits per heavy atom. The first-order chi connectivity index (χ1) is 20.7. The number of anilines is 2. The van der Waals surface area contributed by atoms with Crippen molar-refractivity contribution in [3.63, 3.8) is 0 Å². The lowest BCUT2D eigenvalue weighted by Gasteiger charge is -2.38. The van der Waals surface area contributed by atoms with Crippen LogP contribution in [0.2, 0.25) is 0 Å². The molecule has 1 atom stereocenters. The third kappa shape index (κ3) is 6.13. The number of likely N-dealkylation sites (tertiary alicyclic amines) is 1. The third-order valence-corrected chi connectivity index (χ3v) is 8.74. The highest BCUT2D eigenvalue weighted by Gasteiger charge is 2.43. The van der Waals surface area contributed by atoms with Gasteiger partial charge in [0.15, 0.2) is 0 Å². The number of aryl methyl sites for hydroxylation is 1. The summed E-state index contributed by atoms with van der Waals surface area (Å²) in [5.74, 6) is -2.17. The van der Waals surface area contributed by atoms with Crippen LogP contribution in [0.15, 0.2) is 48.6 Å². The second-order valence-corrected chi connectivity index (χ2v) is 11.7. The van der Waals surface area contributed by atoms with Crippen molar-refractivity contribution in [3.8, 4) is 6.01 Å². The smallest absolute Gasteiger partial charge is 0.318 e. The van der Waals surface area contributed by atoms with E-state index in [9.17, 15) is 18.0 Å². The average molecular weight is 595 g/mol. The maximum Gasteiger partial charge on any atom is 0.318 e. The molecule has 4 heterocycles. The summed E-state index contributed by atoms with van der Waals surface area (Å²) in [4.78, 5) is 29.8. The standard InChI is InChI=1S/C32H37F3N6O2/c1-22-6-3-7-23-8-4-9-27(29(22)23)41-13-11-25-26(19-41)36-31(43-20-24-18-32(34,35)21-38(24)2)37-30(25)40-16-14-39(15-17-40)28(42)10-5-12-33/h3-10,24H,11-21H2,1-2H3/b10-5+/t24-/m0/s1. The van der Waals surface area contributed by atoms with Gasteiger partial charge in [-0.1, -0.05) is 30.3 Å². The number of nitrogens with zero attached hydrogens (tertiary/aromatic N) is 6. The van der Waals surface area contributed by atoms with Crippen molar-refractivity contribution < 1.29 is 22.7 Å². The van der Waals surface area contributed by atoms with Crippen molar-refractivity contribution in [2.45, 2.75) is 38.3 Å². The van der Waals surface area contributed by atoms with Crippen LogP contribution >= 0.6 is 0 Å². The second-order valence-electron chi connectivity index (χ2n) is 11.7. The number of carbonyl (C=O) groups is 1. The molecule has 0 unspecified atom stereocenters. The van der Waals surface area contributed by atoms with E-state index in [-0.39, 0.29) is 31.5 Å². The van der Waals surface area contributed by atoms with Gasteiger partial charge in [-0.15, -0.1) is 0 Å². The lowest BCUT2D eigenvalue weighted by atomic mass is 9.99. The molecule has 0 radical (unpaired) electrons. The van der Waals surface area contributed by atoms with Crippen molar-refractivity contribution in [1.82, 2.24) is 19.8 Å². The van der Waals surface area contributed by atoms with Crippen molar-refractivity contribution in [2.24, 2.45) is 0 Å². The molecule has 2 aromatic carbocycles. The Morgan fingerprint density at radius 3 is 2.56 bits per heavy atom. The molecule has 43 heavy (non-hydrogen) atoms. The first kappa shape index (κ1) is 29.2. The first-order valence-corrected chi connectivity index (χ1v) is 14.8. The minimum Gasteiger partial charge on any atom is -0.462 e. The number of rotatable bonds is 7. The number of hydrogen-bond acceptors (Lipinski definition) is 7. The van der Waals surface area contributed by atoms with Crippen LogP contribution in [0, 0.1) is 6.92 Å². The third-order valence-electron chi connectivity index (χ3n) is 8.74. The number of aromatic nitrogens is 2. The molecular formula is C32H37F3N6O2. The molecule has 3 aromatic rings. The second kappa shape index (κ2) is 12.0. The van der Waals surface area contributed by atoms with Gasteiger partial charge in [0.25, 0.3) is 5.92 Å². The van der Waals surface area contributed by atoms with Gasteiger partial charge in [0.2, 0.25) is 5.91 Å². The molecule has 0 saturated carbocycles. The van der Waals surface area contributed by atoms with Crippen molar-refractivity contribution in [3.05, 3.63) is 65.4 Å². The molecule has 1 amide bonds. The summed E-state index contributed by atoms with van der Waals surface area (Å²) in [6.07, 6.45) is 2.97. The van der Waals surface area contributed by atoms with Crippen molar-refractivity contribution >= 4 is 28.2 Å². The topological polar surface area (TPSA) is 65.0 Å². The zero-order valence-electron chi connectivity index (χ0n) is 24.6. The number of fused-ring (bicyclic) bond motifs is 2. The number of carbonyl (C=O) groups excluding carboxylic acids is 1. The summed E-state index contributed by atoms with van der Waals surface area (Å²) >= 11 is 0. The fourth-order valence-electron chi connectivity index (χ4n) is 6.49. The minimum atomic E-state index is -2.74. The van der Waals surface area contributed by atoms with Gasteiger partial charge in [0.05, 0.1) is 18.8 Å². The summed E-state index contributed by atoms with van der Waals surface area (Å²) < 4.78 is 46.6. The predicted molar refractivity (Wildman–Crippen MR) is 161 cm³/mol. The normalized spacial score (nSPS) is 20.7. The van der Waals surface area contributed by atoms with E-state index >= 15 is 0 Å². The summed E-state index contributed by atoms with van der Waals surface area (Å²) in [5, 5.41) is 2.40. The summed E-state index contributed by atoms with van der Waals surface area (Å²) in [7, 11) is 1.68. The number of alkyl halides is 3. The molecule has 2 fully saturated rings. The molecule has 8 nitrogen and oxygen atoms in total. The van der Waals surface area contributed by atoms with Gasteiger partial charge >= 0.3 is 6.01 Å². The molecule has 1 aromatic heterocycles. The fourth-order valence-corrected chi connectivity index (χ4v) is 6.49. The van der Waals surface area contributed by atoms with Gasteiger partial charge in [0.1, 0.15) is 19.1 Å². The van der Waals surface area contributed by atoms with Gasteiger partial charge in [-0.2, -0.15) is 9.97 Å². The molecule has 0 N–H and O–H groups in total. The number of allylic oxidation sites excluding steroid dienone is 1. The highest BCUT2D eigenvalue weighted by Crippen LogP contribution is 2.36. The minimum absolute atomic E-state index is 0.0692. The Balaban J connectivity index is 1.28. The zero-order valence-corrected chi connectivity index (χ0v) is 24.6. The molecule has 6 rings (SSSR count). The molecule has 0 spiro atoms. The number of amides is 1. The Labute approximate surface area is 249 Å². The zero-order chi connectivity index (χ0) is 30.1. The SMILES string of the molecule is Cc1cccc2cccc(N3CCc4c(nc(OC[C@@H]5CC(F)(F)CN5C)nc4N4CCN(C(=O)/C=C/CF)CC4)C3)c12. The number of hydrogen-bond donors (Lipinski definition) is 0. The lowest BCUT2D eigenvalue weighted by Crippen LogP contribution is -2.49. The predicted octanol–water partition coefficient (Wildman–Crippen LogP) is 4.39. The van der Waals surface area contributed by atoms with Crippen LogP contribution in [0.25, 0.3) is 10.8 Å². The molecule has 0 bridgehead atoms. The van der Waals surface area contributed by atoms with Crippen LogP contribution in [0.4, 0.5) is 24.7 Å². The van der Waals surface area contributed by atoms with Crippen LogP contribution in [-0.4, -0.2) is 97.2 Å². The first-order valence-electron chi connectivity index (χ1n) is 14.8. The van der Waals surface area contributed by atoms with Crippen LogP contribution in [-0.2, 0) is 17.8 Å². The maximum absolute atomic E-state index is 14.0. The Kier molecular flexibility index (Phi) is 8.17. The van der Waals surface area contributed by atoms with Crippen LogP contribution < -0.4 is 14.5 Å². The van der Waals surface area contributed by atoms with Gasteiger partial charge in [-0.25, -0.2) is 13.2 Å². The highest BCUT2D eigenvalue weighted by atomic mass is 19.3. The Hall–Kier alpha value is -3.86. The van der Waals surface area contributed by atoms with Crippen LogP contribution in [0.5, 0.6) is 6.01 Å². The van der Waals surface area contributed by atoms with Gasteiger partial charge < -0.3 is 19.4 Å². The number of benzene rings is 2. The molecule has 2 saturated heterocycles. The van der Waals surface area contributed by atoms with E-state index in [4.69, 9.17) is 14.7 Å². The molecule has 11 heteroatoms. The highest BCUT2D eigenvalue weighted by molar-refractivity contribution is 5.97. The monoisotopic (exact) mass is 594 g/mol. The summed E-state index contributed by atoms with van der Waals surface area (Å²) in [5.41, 5.74) is 4.25. The fraction of sp³-hybridized carbons (Fsp3) is 0.469. The van der Waals surface area contributed by atoms with Crippen LogP contribution in [0.1, 0.15) is 23.2 Å². The quantitative estimate of drug-likeness (QED) is 0.376. The van der Waals surface area contributed by atoms with Crippen molar-refractivity contribution in [2.75, 3.05) is 69.4 Å². The Bertz CT molecular complexity index is 1520. The van der Waals surface area contributed by atoms with Gasteiger partial charge in [-0.3, -0.25) is 9.69 Å². The lowest BCUT2D eigenvalue weighted by molar-refractivity contribution is -0.126. The van der Waals surface area contributed by atoms with E-state index in [0.29, 0.717) is 32.7 Å². The number of halogens is 3. The van der Waals surface area contributed by atoms with E-state index in [2.05, 4.69) is 53.1 Å². The molecular weight excluding hydrogens is 557 g/mol. The van der Waals surface area contributed by atoms with Crippen molar-refractivity contribution in [1.29, 1.82) is 0 Å². The molecule has 3 aliphatic rings. The molecule has 3 aliphatic heterocycles. The largest absolute Gasteiger partial charge is 0.462 e. The Morgan fingerprint density at radius 2 is 1.84 bits per heavy atom. The number of piperazine rings is 1. The molecule has 228 valence electrons. The summed E-state index contributed by atoms with van der Waals surface area (Å²) in [6.45, 7) is 4.64. The van der Waals surface area contributed by atoms with E-state index in [1.165, 1.54) is 28.5 Å². The maximum atomic E-state index is 14.0. The van der Waals surface area contributed by atoms with Gasteiger partial charge in [-0.05, 0) is 43.5 Å². The van der Waals surface area contributed by atoms with E-state index in [0.717, 1.165) is 35.7 Å². The van der Waals surface area contributed by atoms with E-state index in [1.54, 1.807) is 16.8 Å². The summed E-state index contributed by atoms with van der Waals surface area (Å²) in [6, 6.07) is 12.4. The number of likely N-dealkylation sites (N-methyl/N-ethyl adjacent to an activating group) is 1. The van der Waals surface area contributed by atoms with Gasteiger partial charge in [0, 0.05) is 67.9 Å². The average Bonchev–Trinajstić information content (AvgIpc) is 3.28. The van der Waals surface area contributed by atoms with E-state index in [1.807, 2.05) is 0 Å². The van der Waals surface area contributed by atoms with E-state index < -0.39 is 18.6 Å². The molecule has 0 aliphatic carbocycles. The number of ether oxygens (including phenoxy) is 1.